The lowest BCUT2D eigenvalue weighted by molar-refractivity contribution is -0.136. The zero-order chi connectivity index (χ0) is 13.9. The Balaban J connectivity index is 2.19. The van der Waals surface area contributed by atoms with Crippen molar-refractivity contribution in [3.05, 3.63) is 30.3 Å². The minimum absolute atomic E-state index is 0.0866. The molecule has 0 aromatic heterocycles. The summed E-state index contributed by atoms with van der Waals surface area (Å²) in [4.78, 5) is 24.7. The third-order valence-electron chi connectivity index (χ3n) is 3.53. The van der Waals surface area contributed by atoms with E-state index in [0.717, 1.165) is 6.42 Å². The van der Waals surface area contributed by atoms with Crippen molar-refractivity contribution < 1.29 is 14.7 Å². The highest BCUT2D eigenvalue weighted by atomic mass is 16.4. The average molecular weight is 262 g/mol. The van der Waals surface area contributed by atoms with Gasteiger partial charge >= 0.3 is 5.97 Å². The van der Waals surface area contributed by atoms with Crippen LogP contribution in [0.4, 0.5) is 5.69 Å². The molecule has 1 aliphatic carbocycles. The molecule has 0 bridgehead atoms. The molecule has 1 amide bonds. The van der Waals surface area contributed by atoms with Crippen molar-refractivity contribution in [2.45, 2.75) is 31.2 Å². The third-order valence-corrected chi connectivity index (χ3v) is 3.53. The predicted molar refractivity (Wildman–Crippen MR) is 71.8 cm³/mol. The number of carboxylic acids is 1. The summed E-state index contributed by atoms with van der Waals surface area (Å²) in [6.45, 7) is 0.150. The molecule has 5 heteroatoms. The van der Waals surface area contributed by atoms with Gasteiger partial charge in [0.2, 0.25) is 5.91 Å². The quantitative estimate of drug-likeness (QED) is 0.839. The number of carbonyl (C=O) groups is 2. The number of anilines is 1. The van der Waals surface area contributed by atoms with E-state index in [4.69, 9.17) is 10.8 Å². The van der Waals surface area contributed by atoms with Gasteiger partial charge in [-0.15, -0.1) is 0 Å². The van der Waals surface area contributed by atoms with Crippen molar-refractivity contribution in [3.8, 4) is 0 Å². The molecule has 0 saturated heterocycles. The standard InChI is InChI=1S/C14H18N2O3/c15-14(8-4-9-14)13(19)16(10-7-12(17)18)11-5-2-1-3-6-11/h1-3,5-6H,4,7-10,15H2,(H,17,18). The van der Waals surface area contributed by atoms with E-state index in [9.17, 15) is 9.59 Å². The smallest absolute Gasteiger partial charge is 0.305 e. The van der Waals surface area contributed by atoms with E-state index in [0.29, 0.717) is 18.5 Å². The minimum Gasteiger partial charge on any atom is -0.481 e. The minimum atomic E-state index is -0.923. The highest BCUT2D eigenvalue weighted by molar-refractivity contribution is 6.01. The zero-order valence-corrected chi connectivity index (χ0v) is 10.7. The monoisotopic (exact) mass is 262 g/mol. The Labute approximate surface area is 112 Å². The fourth-order valence-electron chi connectivity index (χ4n) is 2.20. The third kappa shape index (κ3) is 2.93. The topological polar surface area (TPSA) is 83.6 Å². The van der Waals surface area contributed by atoms with Crippen LogP contribution in [-0.4, -0.2) is 29.1 Å². The van der Waals surface area contributed by atoms with Crippen molar-refractivity contribution >= 4 is 17.6 Å². The van der Waals surface area contributed by atoms with Gasteiger partial charge in [0.05, 0.1) is 12.0 Å². The molecule has 0 spiro atoms. The van der Waals surface area contributed by atoms with Crippen LogP contribution in [0.3, 0.4) is 0 Å². The van der Waals surface area contributed by atoms with E-state index in [2.05, 4.69) is 0 Å². The Morgan fingerprint density at radius 1 is 1.26 bits per heavy atom. The van der Waals surface area contributed by atoms with E-state index in [1.54, 1.807) is 12.1 Å². The van der Waals surface area contributed by atoms with Gasteiger partial charge in [-0.05, 0) is 31.4 Å². The van der Waals surface area contributed by atoms with Crippen molar-refractivity contribution in [2.24, 2.45) is 5.73 Å². The van der Waals surface area contributed by atoms with Gasteiger partial charge in [-0.1, -0.05) is 18.2 Å². The number of hydrogen-bond donors (Lipinski definition) is 2. The summed E-state index contributed by atoms with van der Waals surface area (Å²) in [5.74, 6) is -1.10. The molecule has 102 valence electrons. The average Bonchev–Trinajstić information content (AvgIpc) is 2.37. The van der Waals surface area contributed by atoms with Crippen molar-refractivity contribution in [1.29, 1.82) is 0 Å². The fraction of sp³-hybridized carbons (Fsp3) is 0.429. The Bertz CT molecular complexity index is 469. The van der Waals surface area contributed by atoms with Crippen LogP contribution in [0, 0.1) is 0 Å². The number of aliphatic carboxylic acids is 1. The molecule has 0 atom stereocenters. The van der Waals surface area contributed by atoms with Gasteiger partial charge in [-0.25, -0.2) is 0 Å². The van der Waals surface area contributed by atoms with Crippen LogP contribution in [0.5, 0.6) is 0 Å². The van der Waals surface area contributed by atoms with Crippen LogP contribution >= 0.6 is 0 Å². The number of hydrogen-bond acceptors (Lipinski definition) is 3. The first-order valence-corrected chi connectivity index (χ1v) is 6.41. The Morgan fingerprint density at radius 3 is 2.37 bits per heavy atom. The summed E-state index contributed by atoms with van der Waals surface area (Å²) in [5.41, 5.74) is 5.94. The number of carboxylic acid groups (broad SMARTS) is 1. The van der Waals surface area contributed by atoms with Gasteiger partial charge in [-0.2, -0.15) is 0 Å². The molecule has 0 unspecified atom stereocenters. The fourth-order valence-corrected chi connectivity index (χ4v) is 2.20. The molecule has 0 heterocycles. The maximum absolute atomic E-state index is 12.5. The SMILES string of the molecule is NC1(C(=O)N(CCC(=O)O)c2ccccc2)CCC1. The van der Waals surface area contributed by atoms with Gasteiger partial charge in [0, 0.05) is 12.2 Å². The van der Waals surface area contributed by atoms with E-state index in [1.165, 1.54) is 4.90 Å². The predicted octanol–water partition coefficient (Wildman–Crippen LogP) is 1.38. The molecule has 19 heavy (non-hydrogen) atoms. The molecule has 1 fully saturated rings. The number of nitrogens with zero attached hydrogens (tertiary/aromatic N) is 1. The Morgan fingerprint density at radius 2 is 1.89 bits per heavy atom. The second-order valence-electron chi connectivity index (χ2n) is 4.95. The molecule has 5 nitrogen and oxygen atoms in total. The van der Waals surface area contributed by atoms with Gasteiger partial charge < -0.3 is 15.7 Å². The summed E-state index contributed by atoms with van der Waals surface area (Å²) < 4.78 is 0. The first kappa shape index (κ1) is 13.5. The lowest BCUT2D eigenvalue weighted by Gasteiger charge is -2.40. The number of nitrogens with two attached hydrogens (primary N) is 1. The van der Waals surface area contributed by atoms with Crippen LogP contribution in [0.25, 0.3) is 0 Å². The number of carbonyl (C=O) groups excluding carboxylic acids is 1. The molecular formula is C14H18N2O3. The number of amides is 1. The van der Waals surface area contributed by atoms with Crippen LogP contribution < -0.4 is 10.6 Å². The molecular weight excluding hydrogens is 244 g/mol. The van der Waals surface area contributed by atoms with Crippen LogP contribution in [0.2, 0.25) is 0 Å². The first-order chi connectivity index (χ1) is 9.03. The van der Waals surface area contributed by atoms with Crippen LogP contribution in [0.1, 0.15) is 25.7 Å². The van der Waals surface area contributed by atoms with Crippen molar-refractivity contribution in [1.82, 2.24) is 0 Å². The summed E-state index contributed by atoms with van der Waals surface area (Å²) in [6, 6.07) is 9.08. The van der Waals surface area contributed by atoms with Gasteiger partial charge in [0.25, 0.3) is 0 Å². The summed E-state index contributed by atoms with van der Waals surface area (Å²) in [5, 5.41) is 8.80. The van der Waals surface area contributed by atoms with Gasteiger partial charge in [-0.3, -0.25) is 9.59 Å². The number of rotatable bonds is 5. The second-order valence-corrected chi connectivity index (χ2v) is 4.95. The summed E-state index contributed by atoms with van der Waals surface area (Å²) >= 11 is 0. The zero-order valence-electron chi connectivity index (χ0n) is 10.7. The largest absolute Gasteiger partial charge is 0.481 e. The molecule has 0 radical (unpaired) electrons. The van der Waals surface area contributed by atoms with E-state index in [1.807, 2.05) is 18.2 Å². The maximum Gasteiger partial charge on any atom is 0.305 e. The molecule has 1 aromatic rings. The summed E-state index contributed by atoms with van der Waals surface area (Å²) in [7, 11) is 0. The van der Waals surface area contributed by atoms with Crippen LogP contribution in [-0.2, 0) is 9.59 Å². The lowest BCUT2D eigenvalue weighted by atomic mass is 9.76. The van der Waals surface area contributed by atoms with E-state index < -0.39 is 11.5 Å². The molecule has 2 rings (SSSR count). The highest BCUT2D eigenvalue weighted by Gasteiger charge is 2.43. The molecule has 1 saturated carbocycles. The van der Waals surface area contributed by atoms with Gasteiger partial charge in [0.1, 0.15) is 0 Å². The second kappa shape index (κ2) is 5.40. The molecule has 1 aliphatic rings. The number of benzene rings is 1. The van der Waals surface area contributed by atoms with E-state index >= 15 is 0 Å². The molecule has 0 aliphatic heterocycles. The Kier molecular flexibility index (Phi) is 3.85. The Hall–Kier alpha value is -1.88. The normalized spacial score (nSPS) is 16.5. The van der Waals surface area contributed by atoms with E-state index in [-0.39, 0.29) is 18.9 Å². The highest BCUT2D eigenvalue weighted by Crippen LogP contribution is 2.32. The maximum atomic E-state index is 12.5. The number of para-hydroxylation sites is 1. The van der Waals surface area contributed by atoms with Crippen molar-refractivity contribution in [3.63, 3.8) is 0 Å². The molecule has 3 N–H and O–H groups in total. The lowest BCUT2D eigenvalue weighted by Crippen LogP contribution is -2.60. The van der Waals surface area contributed by atoms with Crippen molar-refractivity contribution in [2.75, 3.05) is 11.4 Å². The summed E-state index contributed by atoms with van der Waals surface area (Å²) in [6.07, 6.45) is 2.20. The first-order valence-electron chi connectivity index (χ1n) is 6.41. The van der Waals surface area contributed by atoms with Gasteiger partial charge in [0.15, 0.2) is 0 Å². The van der Waals surface area contributed by atoms with Crippen LogP contribution in [0.15, 0.2) is 30.3 Å². The molecule has 1 aromatic carbocycles.